The largest absolute Gasteiger partial charge is 0.367 e. The third kappa shape index (κ3) is 4.65. The van der Waals surface area contributed by atoms with Gasteiger partial charge in [-0.1, -0.05) is 30.3 Å². The molecule has 126 valence electrons. The standard InChI is InChI=1S/C15H17N3O2S.2ClH/c16-13(11-4-2-1-3-5-11)15(19)18-7-8-20-12(10-18)14-17-6-9-21-14;;/h1-6,9,12-13H,7-8,10,16H2;2*1H. The number of amides is 1. The van der Waals surface area contributed by atoms with Gasteiger partial charge in [0.15, 0.2) is 0 Å². The summed E-state index contributed by atoms with van der Waals surface area (Å²) in [5.41, 5.74) is 6.92. The summed E-state index contributed by atoms with van der Waals surface area (Å²) in [7, 11) is 0. The molecule has 0 aliphatic carbocycles. The predicted molar refractivity (Wildman–Crippen MR) is 95.3 cm³/mol. The maximum Gasteiger partial charge on any atom is 0.244 e. The Labute approximate surface area is 151 Å². The molecule has 1 aliphatic heterocycles. The van der Waals surface area contributed by atoms with Gasteiger partial charge in [0.25, 0.3) is 0 Å². The number of aromatic nitrogens is 1. The van der Waals surface area contributed by atoms with Crippen molar-refractivity contribution >= 4 is 42.1 Å². The van der Waals surface area contributed by atoms with E-state index in [2.05, 4.69) is 4.98 Å². The number of benzene rings is 1. The van der Waals surface area contributed by atoms with Crippen LogP contribution in [0.4, 0.5) is 0 Å². The molecule has 1 aliphatic rings. The summed E-state index contributed by atoms with van der Waals surface area (Å²) in [6, 6.07) is 8.82. The summed E-state index contributed by atoms with van der Waals surface area (Å²) in [5.74, 6) is -0.0638. The van der Waals surface area contributed by atoms with E-state index in [1.165, 1.54) is 0 Å². The van der Waals surface area contributed by atoms with E-state index in [-0.39, 0.29) is 36.8 Å². The summed E-state index contributed by atoms with van der Waals surface area (Å²) < 4.78 is 5.70. The maximum atomic E-state index is 12.5. The minimum atomic E-state index is -0.624. The number of thiazole rings is 1. The van der Waals surface area contributed by atoms with E-state index < -0.39 is 6.04 Å². The van der Waals surface area contributed by atoms with E-state index in [0.717, 1.165) is 10.6 Å². The van der Waals surface area contributed by atoms with E-state index in [0.29, 0.717) is 19.7 Å². The number of halogens is 2. The zero-order valence-corrected chi connectivity index (χ0v) is 14.8. The highest BCUT2D eigenvalue weighted by Gasteiger charge is 2.30. The van der Waals surface area contributed by atoms with Crippen LogP contribution in [0.3, 0.4) is 0 Å². The van der Waals surface area contributed by atoms with Gasteiger partial charge in [0, 0.05) is 18.1 Å². The van der Waals surface area contributed by atoms with Gasteiger partial charge in [0.05, 0.1) is 13.2 Å². The van der Waals surface area contributed by atoms with Crippen molar-refractivity contribution < 1.29 is 9.53 Å². The van der Waals surface area contributed by atoms with Crippen LogP contribution in [-0.2, 0) is 9.53 Å². The van der Waals surface area contributed by atoms with Gasteiger partial charge in [-0.2, -0.15) is 0 Å². The second kappa shape index (κ2) is 9.20. The number of hydrogen-bond donors (Lipinski definition) is 1. The van der Waals surface area contributed by atoms with Crippen LogP contribution in [0.1, 0.15) is 22.7 Å². The molecule has 0 radical (unpaired) electrons. The van der Waals surface area contributed by atoms with Crippen LogP contribution in [0.25, 0.3) is 0 Å². The van der Waals surface area contributed by atoms with Crippen molar-refractivity contribution in [2.75, 3.05) is 19.7 Å². The summed E-state index contributed by atoms with van der Waals surface area (Å²) in [4.78, 5) is 18.6. The number of hydrogen-bond acceptors (Lipinski definition) is 5. The Morgan fingerprint density at radius 1 is 1.35 bits per heavy atom. The monoisotopic (exact) mass is 375 g/mol. The zero-order chi connectivity index (χ0) is 14.7. The minimum Gasteiger partial charge on any atom is -0.367 e. The van der Waals surface area contributed by atoms with E-state index >= 15 is 0 Å². The second-order valence-corrected chi connectivity index (χ2v) is 5.83. The highest BCUT2D eigenvalue weighted by Crippen LogP contribution is 2.25. The number of morpholine rings is 1. The lowest BCUT2D eigenvalue weighted by atomic mass is 10.1. The van der Waals surface area contributed by atoms with Crippen LogP contribution < -0.4 is 5.73 Å². The molecule has 3 rings (SSSR count). The zero-order valence-electron chi connectivity index (χ0n) is 12.3. The molecule has 0 bridgehead atoms. The molecule has 1 saturated heterocycles. The molecule has 2 heterocycles. The van der Waals surface area contributed by atoms with E-state index in [1.807, 2.05) is 35.7 Å². The smallest absolute Gasteiger partial charge is 0.244 e. The number of nitrogens with two attached hydrogens (primary N) is 1. The SMILES string of the molecule is Cl.Cl.NC(C(=O)N1CCOC(c2nccs2)C1)c1ccccc1. The lowest BCUT2D eigenvalue weighted by molar-refractivity contribution is -0.140. The first-order chi connectivity index (χ1) is 10.3. The third-order valence-corrected chi connectivity index (χ3v) is 4.40. The fraction of sp³-hybridized carbons (Fsp3) is 0.333. The van der Waals surface area contributed by atoms with Crippen molar-refractivity contribution in [1.82, 2.24) is 9.88 Å². The highest BCUT2D eigenvalue weighted by atomic mass is 35.5. The first-order valence-corrected chi connectivity index (χ1v) is 7.74. The fourth-order valence-corrected chi connectivity index (χ4v) is 3.07. The molecule has 1 aromatic heterocycles. The molecule has 0 spiro atoms. The third-order valence-electron chi connectivity index (χ3n) is 3.53. The Balaban J connectivity index is 0.00000132. The molecule has 1 amide bonds. The molecule has 5 nitrogen and oxygen atoms in total. The van der Waals surface area contributed by atoms with Crippen molar-refractivity contribution in [3.05, 3.63) is 52.5 Å². The Kier molecular flexibility index (Phi) is 7.94. The van der Waals surface area contributed by atoms with Crippen molar-refractivity contribution in [3.63, 3.8) is 0 Å². The van der Waals surface area contributed by atoms with Crippen LogP contribution in [0.5, 0.6) is 0 Å². The van der Waals surface area contributed by atoms with Gasteiger partial charge in [0.2, 0.25) is 5.91 Å². The molecule has 8 heteroatoms. The van der Waals surface area contributed by atoms with Crippen LogP contribution in [0.2, 0.25) is 0 Å². The highest BCUT2D eigenvalue weighted by molar-refractivity contribution is 7.09. The topological polar surface area (TPSA) is 68.5 Å². The van der Waals surface area contributed by atoms with Gasteiger partial charge in [-0.05, 0) is 5.56 Å². The first-order valence-electron chi connectivity index (χ1n) is 6.86. The van der Waals surface area contributed by atoms with Gasteiger partial charge < -0.3 is 15.4 Å². The molecule has 0 saturated carbocycles. The van der Waals surface area contributed by atoms with Crippen LogP contribution in [-0.4, -0.2) is 35.5 Å². The van der Waals surface area contributed by atoms with Crippen molar-refractivity contribution in [1.29, 1.82) is 0 Å². The molecular weight excluding hydrogens is 357 g/mol. The van der Waals surface area contributed by atoms with E-state index in [1.54, 1.807) is 22.4 Å². The van der Waals surface area contributed by atoms with Crippen molar-refractivity contribution in [3.8, 4) is 0 Å². The molecule has 1 fully saturated rings. The average Bonchev–Trinajstić information content (AvgIpc) is 3.09. The van der Waals surface area contributed by atoms with Crippen LogP contribution in [0, 0.1) is 0 Å². The van der Waals surface area contributed by atoms with Gasteiger partial charge in [-0.15, -0.1) is 36.2 Å². The molecule has 2 unspecified atom stereocenters. The van der Waals surface area contributed by atoms with E-state index in [9.17, 15) is 4.79 Å². The second-order valence-electron chi connectivity index (χ2n) is 4.90. The minimum absolute atomic E-state index is 0. The normalized spacial score (nSPS) is 18.5. The summed E-state index contributed by atoms with van der Waals surface area (Å²) >= 11 is 1.54. The summed E-state index contributed by atoms with van der Waals surface area (Å²) in [5, 5.41) is 2.82. The average molecular weight is 376 g/mol. The lowest BCUT2D eigenvalue weighted by Crippen LogP contribution is -2.46. The number of carbonyl (C=O) groups is 1. The van der Waals surface area contributed by atoms with Gasteiger partial charge in [-0.3, -0.25) is 4.79 Å². The Bertz CT molecular complexity index is 598. The molecule has 1 aromatic carbocycles. The molecule has 2 N–H and O–H groups in total. The van der Waals surface area contributed by atoms with Crippen LogP contribution >= 0.6 is 36.2 Å². The number of rotatable bonds is 3. The molecule has 23 heavy (non-hydrogen) atoms. The maximum absolute atomic E-state index is 12.5. The summed E-state index contributed by atoms with van der Waals surface area (Å²) in [6.07, 6.45) is 1.60. The molecular formula is C15H19Cl2N3O2S. The first kappa shape index (κ1) is 19.9. The van der Waals surface area contributed by atoms with Crippen LogP contribution in [0.15, 0.2) is 41.9 Å². The number of carbonyl (C=O) groups excluding carboxylic acids is 1. The Hall–Kier alpha value is -1.18. The molecule has 2 atom stereocenters. The fourth-order valence-electron chi connectivity index (χ4n) is 2.39. The lowest BCUT2D eigenvalue weighted by Gasteiger charge is -2.33. The van der Waals surface area contributed by atoms with Gasteiger partial charge in [0.1, 0.15) is 17.2 Å². The molecule has 2 aromatic rings. The summed E-state index contributed by atoms with van der Waals surface area (Å²) in [6.45, 7) is 1.59. The van der Waals surface area contributed by atoms with E-state index in [4.69, 9.17) is 10.5 Å². The Morgan fingerprint density at radius 3 is 2.74 bits per heavy atom. The number of ether oxygens (including phenoxy) is 1. The quantitative estimate of drug-likeness (QED) is 0.894. The van der Waals surface area contributed by atoms with Gasteiger partial charge >= 0.3 is 0 Å². The number of nitrogens with zero attached hydrogens (tertiary/aromatic N) is 2. The van der Waals surface area contributed by atoms with Crippen molar-refractivity contribution in [2.45, 2.75) is 12.1 Å². The van der Waals surface area contributed by atoms with Gasteiger partial charge in [-0.25, -0.2) is 4.98 Å². The predicted octanol–water partition coefficient (Wildman–Crippen LogP) is 2.59. The van der Waals surface area contributed by atoms with Crippen molar-refractivity contribution in [2.24, 2.45) is 5.73 Å². The Morgan fingerprint density at radius 2 is 2.09 bits per heavy atom.